The minimum atomic E-state index is -4.45. The van der Waals surface area contributed by atoms with Crippen LogP contribution in [-0.4, -0.2) is 31.4 Å². The zero-order chi connectivity index (χ0) is 14.8. The molecule has 0 radical (unpaired) electrons. The molecule has 1 aromatic carbocycles. The number of piperidine rings is 1. The van der Waals surface area contributed by atoms with Gasteiger partial charge in [-0.15, -0.1) is 0 Å². The van der Waals surface area contributed by atoms with E-state index in [0.29, 0.717) is 18.8 Å². The maximum Gasteiger partial charge on any atom is 0.416 e. The first kappa shape index (κ1) is 15.1. The number of benzene rings is 1. The molecule has 0 aliphatic carbocycles. The van der Waals surface area contributed by atoms with Gasteiger partial charge in [0.1, 0.15) is 0 Å². The quantitative estimate of drug-likeness (QED) is 0.928. The molecule has 1 fully saturated rings. The van der Waals surface area contributed by atoms with Gasteiger partial charge in [-0.2, -0.15) is 13.2 Å². The van der Waals surface area contributed by atoms with E-state index in [-0.39, 0.29) is 11.7 Å². The van der Waals surface area contributed by atoms with Gasteiger partial charge >= 0.3 is 6.18 Å². The third kappa shape index (κ3) is 3.24. The number of halogens is 3. The lowest BCUT2D eigenvalue weighted by Gasteiger charge is -2.33. The van der Waals surface area contributed by atoms with Gasteiger partial charge in [0.25, 0.3) is 0 Å². The summed E-state index contributed by atoms with van der Waals surface area (Å²) in [6.45, 7) is 0.740. The maximum atomic E-state index is 12.9. The summed E-state index contributed by atoms with van der Waals surface area (Å²) in [6, 6.07) is 4.10. The molecule has 112 valence electrons. The number of rotatable bonds is 3. The largest absolute Gasteiger partial charge is 0.416 e. The molecule has 3 nitrogen and oxygen atoms in total. The number of ether oxygens (including phenoxy) is 1. The second-order valence-electron chi connectivity index (χ2n) is 4.92. The van der Waals surface area contributed by atoms with Crippen molar-refractivity contribution in [1.82, 2.24) is 0 Å². The first-order valence-electron chi connectivity index (χ1n) is 6.54. The molecule has 0 atom stereocenters. The Kier molecular flexibility index (Phi) is 4.55. The molecule has 1 aliphatic rings. The van der Waals surface area contributed by atoms with E-state index in [1.165, 1.54) is 6.07 Å². The highest BCUT2D eigenvalue weighted by atomic mass is 19.4. The van der Waals surface area contributed by atoms with Gasteiger partial charge < -0.3 is 14.7 Å². The van der Waals surface area contributed by atoms with Crippen molar-refractivity contribution in [2.45, 2.75) is 31.7 Å². The van der Waals surface area contributed by atoms with Crippen molar-refractivity contribution in [1.29, 1.82) is 0 Å². The van der Waals surface area contributed by atoms with Crippen LogP contribution in [0, 0.1) is 0 Å². The molecule has 0 spiro atoms. The Balaban J connectivity index is 2.21. The predicted octanol–water partition coefficient (Wildman–Crippen LogP) is 2.81. The Hall–Kier alpha value is -1.27. The lowest BCUT2D eigenvalue weighted by molar-refractivity contribution is -0.138. The zero-order valence-electron chi connectivity index (χ0n) is 11.3. The number of hydrogen-bond donors (Lipinski definition) is 1. The second-order valence-corrected chi connectivity index (χ2v) is 4.92. The van der Waals surface area contributed by atoms with E-state index in [0.717, 1.165) is 18.9 Å². The number of aliphatic hydroxyl groups is 1. The molecule has 0 unspecified atom stereocenters. The van der Waals surface area contributed by atoms with Gasteiger partial charge in [-0.05, 0) is 30.5 Å². The fraction of sp³-hybridized carbons (Fsp3) is 0.571. The summed E-state index contributed by atoms with van der Waals surface area (Å²) in [5.74, 6) is 0. The predicted molar refractivity (Wildman–Crippen MR) is 69.6 cm³/mol. The number of alkyl halides is 3. The van der Waals surface area contributed by atoms with Gasteiger partial charge in [-0.1, -0.05) is 6.07 Å². The van der Waals surface area contributed by atoms with Gasteiger partial charge in [0.05, 0.1) is 18.3 Å². The molecule has 1 aromatic rings. The number of anilines is 1. The molecule has 2 rings (SSSR count). The van der Waals surface area contributed by atoms with Crippen LogP contribution >= 0.6 is 0 Å². The molecule has 20 heavy (non-hydrogen) atoms. The molecule has 0 aromatic heterocycles. The fourth-order valence-corrected chi connectivity index (χ4v) is 2.51. The molecular weight excluding hydrogens is 271 g/mol. The number of aliphatic hydroxyl groups excluding tert-OH is 1. The van der Waals surface area contributed by atoms with Crippen LogP contribution < -0.4 is 4.90 Å². The molecule has 1 aliphatic heterocycles. The fourth-order valence-electron chi connectivity index (χ4n) is 2.51. The van der Waals surface area contributed by atoms with Crippen molar-refractivity contribution in [2.24, 2.45) is 0 Å². The summed E-state index contributed by atoms with van der Waals surface area (Å²) in [4.78, 5) is 1.92. The number of nitrogens with zero attached hydrogens (tertiary/aromatic N) is 1. The van der Waals surface area contributed by atoms with Crippen LogP contribution in [0.2, 0.25) is 0 Å². The van der Waals surface area contributed by atoms with Crippen LogP contribution in [0.4, 0.5) is 18.9 Å². The van der Waals surface area contributed by atoms with E-state index in [2.05, 4.69) is 0 Å². The third-order valence-corrected chi connectivity index (χ3v) is 3.71. The van der Waals surface area contributed by atoms with Crippen LogP contribution in [0.3, 0.4) is 0 Å². The highest BCUT2D eigenvalue weighted by Crippen LogP contribution is 2.35. The molecule has 6 heteroatoms. The lowest BCUT2D eigenvalue weighted by Crippen LogP contribution is -2.36. The van der Waals surface area contributed by atoms with Crippen molar-refractivity contribution in [3.63, 3.8) is 0 Å². The summed E-state index contributed by atoms with van der Waals surface area (Å²) in [5.41, 5.74) is -0.302. The Bertz CT molecular complexity index is 454. The average molecular weight is 289 g/mol. The molecule has 1 saturated heterocycles. The Labute approximate surface area is 116 Å². The Morgan fingerprint density at radius 2 is 1.95 bits per heavy atom. The molecular formula is C14H18F3NO2. The van der Waals surface area contributed by atoms with Crippen LogP contribution in [-0.2, 0) is 17.5 Å². The first-order valence-corrected chi connectivity index (χ1v) is 6.54. The van der Waals surface area contributed by atoms with Crippen LogP contribution in [0.15, 0.2) is 18.2 Å². The van der Waals surface area contributed by atoms with Crippen molar-refractivity contribution >= 4 is 5.69 Å². The van der Waals surface area contributed by atoms with E-state index in [1.54, 1.807) is 13.2 Å². The van der Waals surface area contributed by atoms with Gasteiger partial charge in [0, 0.05) is 25.9 Å². The van der Waals surface area contributed by atoms with Gasteiger partial charge in [-0.25, -0.2) is 0 Å². The highest BCUT2D eigenvalue weighted by Gasteiger charge is 2.34. The van der Waals surface area contributed by atoms with Gasteiger partial charge in [0.15, 0.2) is 0 Å². The summed E-state index contributed by atoms with van der Waals surface area (Å²) in [6.07, 6.45) is -2.65. The summed E-state index contributed by atoms with van der Waals surface area (Å²) in [5, 5.41) is 9.02. The van der Waals surface area contributed by atoms with Gasteiger partial charge in [-0.3, -0.25) is 0 Å². The summed E-state index contributed by atoms with van der Waals surface area (Å²) < 4.78 is 44.1. The maximum absolute atomic E-state index is 12.9. The third-order valence-electron chi connectivity index (χ3n) is 3.71. The highest BCUT2D eigenvalue weighted by molar-refractivity contribution is 5.52. The summed E-state index contributed by atoms with van der Waals surface area (Å²) in [7, 11) is 1.65. The molecule has 1 heterocycles. The van der Waals surface area contributed by atoms with Crippen molar-refractivity contribution in [3.8, 4) is 0 Å². The van der Waals surface area contributed by atoms with Crippen LogP contribution in [0.1, 0.15) is 24.0 Å². The topological polar surface area (TPSA) is 32.7 Å². The normalized spacial score (nSPS) is 17.6. The van der Waals surface area contributed by atoms with Crippen molar-refractivity contribution < 1.29 is 23.0 Å². The lowest BCUT2D eigenvalue weighted by atomic mass is 10.0. The second kappa shape index (κ2) is 6.01. The smallest absolute Gasteiger partial charge is 0.392 e. The monoisotopic (exact) mass is 289 g/mol. The van der Waals surface area contributed by atoms with E-state index in [9.17, 15) is 13.2 Å². The minimum Gasteiger partial charge on any atom is -0.392 e. The molecule has 0 saturated carbocycles. The van der Waals surface area contributed by atoms with E-state index >= 15 is 0 Å². The minimum absolute atomic E-state index is 0.0898. The van der Waals surface area contributed by atoms with Crippen molar-refractivity contribution in [2.75, 3.05) is 25.1 Å². The Morgan fingerprint density at radius 1 is 1.30 bits per heavy atom. The van der Waals surface area contributed by atoms with E-state index in [1.807, 2.05) is 4.90 Å². The first-order chi connectivity index (χ1) is 9.45. The Morgan fingerprint density at radius 3 is 2.45 bits per heavy atom. The van der Waals surface area contributed by atoms with Crippen LogP contribution in [0.5, 0.6) is 0 Å². The van der Waals surface area contributed by atoms with Gasteiger partial charge in [0.2, 0.25) is 0 Å². The molecule has 1 N–H and O–H groups in total. The standard InChI is InChI=1S/C14H18F3NO2/c1-20-12-4-6-18(7-5-12)11-3-2-10(9-19)13(8-11)14(15,16)17/h2-3,8,12,19H,4-7,9H2,1H3. The summed E-state index contributed by atoms with van der Waals surface area (Å²) >= 11 is 0. The average Bonchev–Trinajstić information content (AvgIpc) is 2.46. The SMILES string of the molecule is COC1CCN(c2ccc(CO)c(C(F)(F)F)c2)CC1. The number of hydrogen-bond acceptors (Lipinski definition) is 3. The van der Waals surface area contributed by atoms with Crippen LogP contribution in [0.25, 0.3) is 0 Å². The van der Waals surface area contributed by atoms with E-state index in [4.69, 9.17) is 9.84 Å². The molecule has 0 amide bonds. The number of methoxy groups -OCH3 is 1. The van der Waals surface area contributed by atoms with E-state index < -0.39 is 18.3 Å². The molecule has 0 bridgehead atoms. The van der Waals surface area contributed by atoms with Crippen molar-refractivity contribution in [3.05, 3.63) is 29.3 Å². The zero-order valence-corrected chi connectivity index (χ0v) is 11.3.